The Morgan fingerprint density at radius 2 is 1.60 bits per heavy atom. The molecule has 0 atom stereocenters. The van der Waals surface area contributed by atoms with Crippen molar-refractivity contribution in [3.05, 3.63) is 36.5 Å². The van der Waals surface area contributed by atoms with Crippen LogP contribution in [0.15, 0.2) is 36.5 Å². The molecule has 0 saturated heterocycles. The highest BCUT2D eigenvalue weighted by molar-refractivity contribution is 5.85. The first-order chi connectivity index (χ1) is 6.29. The van der Waals surface area contributed by atoms with Crippen LogP contribution in [0.4, 0.5) is 11.5 Å². The molecule has 0 saturated carbocycles. The lowest BCUT2D eigenvalue weighted by atomic mass is 10.3. The van der Waals surface area contributed by atoms with E-state index >= 15 is 0 Å². The van der Waals surface area contributed by atoms with Gasteiger partial charge in [-0.15, -0.1) is 24.8 Å². The number of para-hydroxylation sites is 1. The van der Waals surface area contributed by atoms with E-state index in [1.807, 2.05) is 30.3 Å². The molecule has 0 aliphatic carbocycles. The summed E-state index contributed by atoms with van der Waals surface area (Å²) in [5.74, 6) is 0.478. The zero-order valence-electron chi connectivity index (χ0n) is 7.83. The fourth-order valence-electron chi connectivity index (χ4n) is 1.15. The molecule has 0 bridgehead atoms. The topological polar surface area (TPSA) is 69.9 Å². The molecule has 0 unspecified atom stereocenters. The first kappa shape index (κ1) is 13.6. The second kappa shape index (κ2) is 5.48. The monoisotopic (exact) mass is 246 g/mol. The summed E-state index contributed by atoms with van der Waals surface area (Å²) in [6.07, 6.45) is 1.54. The van der Waals surface area contributed by atoms with Gasteiger partial charge >= 0.3 is 0 Å². The van der Waals surface area contributed by atoms with Crippen LogP contribution in [0.5, 0.6) is 0 Å². The molecule has 0 aliphatic rings. The van der Waals surface area contributed by atoms with Crippen LogP contribution < -0.4 is 11.5 Å². The van der Waals surface area contributed by atoms with Gasteiger partial charge in [-0.2, -0.15) is 5.10 Å². The summed E-state index contributed by atoms with van der Waals surface area (Å²) in [5, 5.41) is 4.05. The number of nitrogens with zero attached hydrogens (tertiary/aromatic N) is 2. The van der Waals surface area contributed by atoms with Crippen molar-refractivity contribution in [2.24, 2.45) is 0 Å². The third-order valence-corrected chi connectivity index (χ3v) is 1.84. The smallest absolute Gasteiger partial charge is 0.150 e. The maximum absolute atomic E-state index is 5.71. The van der Waals surface area contributed by atoms with Gasteiger partial charge in [0.15, 0.2) is 0 Å². The number of benzene rings is 1. The van der Waals surface area contributed by atoms with E-state index in [1.54, 1.807) is 10.9 Å². The first-order valence-corrected chi connectivity index (χ1v) is 3.93. The summed E-state index contributed by atoms with van der Waals surface area (Å²) in [6, 6.07) is 9.62. The van der Waals surface area contributed by atoms with E-state index in [-0.39, 0.29) is 24.8 Å². The van der Waals surface area contributed by atoms with E-state index in [2.05, 4.69) is 5.10 Å². The molecular weight excluding hydrogens is 235 g/mol. The highest BCUT2D eigenvalue weighted by Gasteiger charge is 2.04. The van der Waals surface area contributed by atoms with E-state index in [1.165, 1.54) is 0 Å². The van der Waals surface area contributed by atoms with E-state index in [0.717, 1.165) is 5.69 Å². The fourth-order valence-corrected chi connectivity index (χ4v) is 1.15. The Morgan fingerprint density at radius 1 is 1.00 bits per heavy atom. The summed E-state index contributed by atoms with van der Waals surface area (Å²) in [7, 11) is 0. The van der Waals surface area contributed by atoms with Crippen molar-refractivity contribution in [3.8, 4) is 5.69 Å². The number of nitrogens with two attached hydrogens (primary N) is 2. The van der Waals surface area contributed by atoms with Crippen LogP contribution in [0.2, 0.25) is 0 Å². The van der Waals surface area contributed by atoms with Crippen LogP contribution in [-0.2, 0) is 0 Å². The summed E-state index contributed by atoms with van der Waals surface area (Å²) in [5.41, 5.74) is 12.7. The van der Waals surface area contributed by atoms with E-state index < -0.39 is 0 Å². The average Bonchev–Trinajstić information content (AvgIpc) is 2.49. The molecule has 6 heteroatoms. The number of hydrogen-bond acceptors (Lipinski definition) is 3. The molecule has 1 heterocycles. The van der Waals surface area contributed by atoms with Gasteiger partial charge in [0.1, 0.15) is 5.82 Å². The van der Waals surface area contributed by atoms with Gasteiger partial charge in [-0.1, -0.05) is 18.2 Å². The molecule has 4 nitrogen and oxygen atoms in total. The van der Waals surface area contributed by atoms with Crippen LogP contribution in [-0.4, -0.2) is 9.78 Å². The van der Waals surface area contributed by atoms with Crippen molar-refractivity contribution in [2.75, 3.05) is 11.5 Å². The van der Waals surface area contributed by atoms with E-state index in [0.29, 0.717) is 11.5 Å². The van der Waals surface area contributed by atoms with Crippen LogP contribution in [0.1, 0.15) is 0 Å². The Hall–Kier alpha value is -1.39. The van der Waals surface area contributed by atoms with E-state index in [9.17, 15) is 0 Å². The summed E-state index contributed by atoms with van der Waals surface area (Å²) < 4.78 is 1.61. The zero-order valence-corrected chi connectivity index (χ0v) is 9.46. The Morgan fingerprint density at radius 3 is 2.07 bits per heavy atom. The molecule has 2 rings (SSSR count). The predicted octanol–water partition coefficient (Wildman–Crippen LogP) is 1.88. The highest BCUT2D eigenvalue weighted by Crippen LogP contribution is 2.17. The average molecular weight is 247 g/mol. The third-order valence-electron chi connectivity index (χ3n) is 1.84. The molecular formula is C9H12Cl2N4. The standard InChI is InChI=1S/C9H10N4.2ClH/c10-8-6-12-13(9(8)11)7-4-2-1-3-5-7;;/h1-6H,10-11H2;2*1H. The second-order valence-corrected chi connectivity index (χ2v) is 2.73. The number of rotatable bonds is 1. The van der Waals surface area contributed by atoms with Crippen LogP contribution in [0.3, 0.4) is 0 Å². The van der Waals surface area contributed by atoms with Crippen LogP contribution in [0.25, 0.3) is 5.69 Å². The van der Waals surface area contributed by atoms with Gasteiger partial charge in [-0.05, 0) is 12.1 Å². The van der Waals surface area contributed by atoms with Gasteiger partial charge in [-0.25, -0.2) is 4.68 Å². The lowest BCUT2D eigenvalue weighted by Gasteiger charge is -2.02. The molecule has 0 radical (unpaired) electrons. The molecule has 1 aromatic heterocycles. The number of halogens is 2. The van der Waals surface area contributed by atoms with Crippen molar-refractivity contribution < 1.29 is 0 Å². The van der Waals surface area contributed by atoms with E-state index in [4.69, 9.17) is 11.5 Å². The highest BCUT2D eigenvalue weighted by atomic mass is 35.5. The molecule has 82 valence electrons. The second-order valence-electron chi connectivity index (χ2n) is 2.73. The maximum atomic E-state index is 5.71. The molecule has 0 fully saturated rings. The Kier molecular flexibility index (Phi) is 4.97. The van der Waals surface area contributed by atoms with Crippen molar-refractivity contribution in [1.29, 1.82) is 0 Å². The fraction of sp³-hybridized carbons (Fsp3) is 0. The molecule has 2 aromatic rings. The molecule has 15 heavy (non-hydrogen) atoms. The van der Waals surface area contributed by atoms with Crippen LogP contribution >= 0.6 is 24.8 Å². The van der Waals surface area contributed by atoms with Gasteiger partial charge in [0.05, 0.1) is 17.6 Å². The normalized spacial score (nSPS) is 8.80. The lowest BCUT2D eigenvalue weighted by Crippen LogP contribution is -2.02. The minimum Gasteiger partial charge on any atom is -0.394 e. The molecule has 0 amide bonds. The zero-order chi connectivity index (χ0) is 9.26. The number of anilines is 2. The van der Waals surface area contributed by atoms with Gasteiger partial charge in [0.25, 0.3) is 0 Å². The number of nitrogen functional groups attached to an aromatic ring is 2. The lowest BCUT2D eigenvalue weighted by molar-refractivity contribution is 0.891. The first-order valence-electron chi connectivity index (χ1n) is 3.93. The van der Waals surface area contributed by atoms with Gasteiger partial charge in [0.2, 0.25) is 0 Å². The van der Waals surface area contributed by atoms with Crippen molar-refractivity contribution in [2.45, 2.75) is 0 Å². The van der Waals surface area contributed by atoms with Gasteiger partial charge in [-0.3, -0.25) is 0 Å². The summed E-state index contributed by atoms with van der Waals surface area (Å²) in [4.78, 5) is 0. The molecule has 0 spiro atoms. The Balaban J connectivity index is 0.000000980. The quantitative estimate of drug-likeness (QED) is 0.808. The molecule has 1 aromatic carbocycles. The van der Waals surface area contributed by atoms with Crippen molar-refractivity contribution >= 4 is 36.3 Å². The van der Waals surface area contributed by atoms with Crippen molar-refractivity contribution in [3.63, 3.8) is 0 Å². The molecule has 4 N–H and O–H groups in total. The minimum atomic E-state index is 0. The molecule has 0 aliphatic heterocycles. The van der Waals surface area contributed by atoms with Gasteiger partial charge < -0.3 is 11.5 Å². The number of aromatic nitrogens is 2. The Labute approximate surface area is 100 Å². The third kappa shape index (κ3) is 2.55. The minimum absolute atomic E-state index is 0. The maximum Gasteiger partial charge on any atom is 0.150 e. The largest absolute Gasteiger partial charge is 0.394 e. The van der Waals surface area contributed by atoms with Gasteiger partial charge in [0, 0.05) is 0 Å². The summed E-state index contributed by atoms with van der Waals surface area (Å²) >= 11 is 0. The van der Waals surface area contributed by atoms with Crippen LogP contribution in [0, 0.1) is 0 Å². The predicted molar refractivity (Wildman–Crippen MR) is 66.9 cm³/mol. The Bertz CT molecular complexity index is 413. The SMILES string of the molecule is Cl.Cl.Nc1cnn(-c2ccccc2)c1N. The van der Waals surface area contributed by atoms with Crippen molar-refractivity contribution in [1.82, 2.24) is 9.78 Å². The summed E-state index contributed by atoms with van der Waals surface area (Å²) in [6.45, 7) is 0. The number of hydrogen-bond donors (Lipinski definition) is 2.